The number of benzene rings is 1. The van der Waals surface area contributed by atoms with Crippen LogP contribution in [-0.2, 0) is 8.87 Å². The SMILES string of the molecule is Cc1ccc(S(=O)(=O)S[C@@H]2CCCC[C@H]2N(C)C)cc1. The molecule has 0 spiro atoms. The van der Waals surface area contributed by atoms with Gasteiger partial charge in [-0.05, 0) is 56.8 Å². The lowest BCUT2D eigenvalue weighted by Gasteiger charge is -2.35. The van der Waals surface area contributed by atoms with Crippen molar-refractivity contribution < 1.29 is 8.42 Å². The summed E-state index contributed by atoms with van der Waals surface area (Å²) in [4.78, 5) is 2.60. The Hall–Kier alpha value is -0.520. The van der Waals surface area contributed by atoms with E-state index in [1.165, 1.54) is 6.42 Å². The van der Waals surface area contributed by atoms with Crippen LogP contribution in [0.2, 0.25) is 0 Å². The molecule has 0 aliphatic heterocycles. The second-order valence-corrected chi connectivity index (χ2v) is 9.79. The fourth-order valence-electron chi connectivity index (χ4n) is 2.70. The summed E-state index contributed by atoms with van der Waals surface area (Å²) in [5.74, 6) is 0. The standard InChI is InChI=1S/C15H23NO2S2/c1-12-8-10-13(11-9-12)20(17,18)19-15-7-5-4-6-14(15)16(2)3/h8-11,14-15H,4-7H2,1-3H3/t14-,15-/m1/s1. The Labute approximate surface area is 126 Å². The fourth-order valence-corrected chi connectivity index (χ4v) is 6.70. The van der Waals surface area contributed by atoms with Gasteiger partial charge >= 0.3 is 0 Å². The maximum absolute atomic E-state index is 12.5. The van der Waals surface area contributed by atoms with Gasteiger partial charge in [0.15, 0.2) is 0 Å². The number of aryl methyl sites for hydroxylation is 1. The Kier molecular flexibility index (Phi) is 5.15. The van der Waals surface area contributed by atoms with Crippen LogP contribution < -0.4 is 0 Å². The Morgan fingerprint density at radius 3 is 2.30 bits per heavy atom. The molecule has 1 fully saturated rings. The molecule has 20 heavy (non-hydrogen) atoms. The van der Waals surface area contributed by atoms with E-state index in [0.29, 0.717) is 10.9 Å². The molecule has 5 heteroatoms. The van der Waals surface area contributed by atoms with E-state index >= 15 is 0 Å². The zero-order valence-corrected chi connectivity index (χ0v) is 14.0. The van der Waals surface area contributed by atoms with Crippen molar-refractivity contribution >= 4 is 19.7 Å². The first kappa shape index (κ1) is 15.9. The third-order valence-corrected chi connectivity index (χ3v) is 7.87. The van der Waals surface area contributed by atoms with E-state index in [0.717, 1.165) is 35.6 Å². The van der Waals surface area contributed by atoms with Crippen LogP contribution in [0.15, 0.2) is 29.2 Å². The molecule has 1 aliphatic carbocycles. The second-order valence-electron chi connectivity index (χ2n) is 5.72. The third-order valence-electron chi connectivity index (χ3n) is 3.89. The van der Waals surface area contributed by atoms with Gasteiger partial charge in [0.25, 0.3) is 0 Å². The molecule has 3 nitrogen and oxygen atoms in total. The van der Waals surface area contributed by atoms with Crippen molar-refractivity contribution in [2.24, 2.45) is 0 Å². The number of nitrogens with zero attached hydrogens (tertiary/aromatic N) is 1. The topological polar surface area (TPSA) is 37.4 Å². The van der Waals surface area contributed by atoms with Gasteiger partial charge in [-0.2, -0.15) is 0 Å². The molecule has 0 unspecified atom stereocenters. The van der Waals surface area contributed by atoms with Crippen molar-refractivity contribution in [1.82, 2.24) is 4.90 Å². The highest BCUT2D eigenvalue weighted by Gasteiger charge is 2.32. The molecule has 0 aromatic heterocycles. The number of rotatable bonds is 4. The van der Waals surface area contributed by atoms with E-state index in [-0.39, 0.29) is 5.25 Å². The average molecular weight is 313 g/mol. The smallest absolute Gasteiger partial charge is 0.230 e. The monoisotopic (exact) mass is 313 g/mol. The maximum Gasteiger partial charge on any atom is 0.230 e. The van der Waals surface area contributed by atoms with Gasteiger partial charge in [0.2, 0.25) is 8.87 Å². The van der Waals surface area contributed by atoms with Crippen LogP contribution in [-0.4, -0.2) is 38.7 Å². The van der Waals surface area contributed by atoms with Crippen LogP contribution in [0.3, 0.4) is 0 Å². The number of hydrogen-bond donors (Lipinski definition) is 0. The number of hydrogen-bond acceptors (Lipinski definition) is 4. The second kappa shape index (κ2) is 6.50. The minimum atomic E-state index is -3.25. The maximum atomic E-state index is 12.5. The van der Waals surface area contributed by atoms with E-state index in [4.69, 9.17) is 0 Å². The molecule has 0 amide bonds. The van der Waals surface area contributed by atoms with E-state index in [1.54, 1.807) is 12.1 Å². The van der Waals surface area contributed by atoms with Gasteiger partial charge < -0.3 is 4.90 Å². The van der Waals surface area contributed by atoms with E-state index in [9.17, 15) is 8.42 Å². The Balaban J connectivity index is 2.16. The Morgan fingerprint density at radius 1 is 1.10 bits per heavy atom. The van der Waals surface area contributed by atoms with Gasteiger partial charge in [-0.1, -0.05) is 30.5 Å². The molecule has 0 heterocycles. The zero-order valence-electron chi connectivity index (χ0n) is 12.4. The molecule has 1 aromatic rings. The Morgan fingerprint density at radius 2 is 1.70 bits per heavy atom. The summed E-state index contributed by atoms with van der Waals surface area (Å²) in [6.07, 6.45) is 4.41. The summed E-state index contributed by atoms with van der Waals surface area (Å²) in [6, 6.07) is 7.50. The molecule has 2 atom stereocenters. The van der Waals surface area contributed by atoms with Crippen molar-refractivity contribution in [3.63, 3.8) is 0 Å². The van der Waals surface area contributed by atoms with Gasteiger partial charge in [0.05, 0.1) is 4.90 Å². The van der Waals surface area contributed by atoms with Crippen molar-refractivity contribution in [1.29, 1.82) is 0 Å². The highest BCUT2D eigenvalue weighted by Crippen LogP contribution is 2.37. The molecule has 0 saturated heterocycles. The van der Waals surface area contributed by atoms with Gasteiger partial charge in [-0.15, -0.1) is 0 Å². The minimum absolute atomic E-state index is 0.171. The zero-order chi connectivity index (χ0) is 14.8. The third kappa shape index (κ3) is 3.77. The quantitative estimate of drug-likeness (QED) is 0.799. The highest BCUT2D eigenvalue weighted by molar-refractivity contribution is 8.72. The van der Waals surface area contributed by atoms with Gasteiger partial charge in [-0.3, -0.25) is 0 Å². The first-order chi connectivity index (χ1) is 9.40. The first-order valence-corrected chi connectivity index (χ1v) is 9.94. The largest absolute Gasteiger partial charge is 0.305 e. The van der Waals surface area contributed by atoms with Crippen molar-refractivity contribution in [3.8, 4) is 0 Å². The predicted molar refractivity (Wildman–Crippen MR) is 85.7 cm³/mol. The molecule has 1 aromatic carbocycles. The van der Waals surface area contributed by atoms with Crippen LogP contribution in [0, 0.1) is 6.92 Å². The van der Waals surface area contributed by atoms with Crippen molar-refractivity contribution in [2.45, 2.75) is 48.8 Å². The van der Waals surface area contributed by atoms with Crippen molar-refractivity contribution in [2.75, 3.05) is 14.1 Å². The summed E-state index contributed by atoms with van der Waals surface area (Å²) < 4.78 is 25.0. The average Bonchev–Trinajstić information content (AvgIpc) is 2.39. The minimum Gasteiger partial charge on any atom is -0.305 e. The summed E-state index contributed by atoms with van der Waals surface area (Å²) in [5, 5.41) is 0.171. The summed E-state index contributed by atoms with van der Waals surface area (Å²) in [5.41, 5.74) is 1.08. The highest BCUT2D eigenvalue weighted by atomic mass is 33.1. The van der Waals surface area contributed by atoms with Gasteiger partial charge in [0.1, 0.15) is 0 Å². The van der Waals surface area contributed by atoms with Crippen LogP contribution in [0.25, 0.3) is 0 Å². The summed E-state index contributed by atoms with van der Waals surface area (Å²) in [7, 11) is 1.98. The van der Waals surface area contributed by atoms with Crippen molar-refractivity contribution in [3.05, 3.63) is 29.8 Å². The normalized spacial score (nSPS) is 24.0. The van der Waals surface area contributed by atoms with Gasteiger partial charge in [-0.25, -0.2) is 8.42 Å². The molecular formula is C15H23NO2S2. The molecule has 1 saturated carbocycles. The molecule has 112 valence electrons. The van der Waals surface area contributed by atoms with E-state index in [1.807, 2.05) is 33.2 Å². The van der Waals surface area contributed by atoms with Crippen LogP contribution in [0.1, 0.15) is 31.2 Å². The van der Waals surface area contributed by atoms with E-state index < -0.39 is 8.87 Å². The molecular weight excluding hydrogens is 290 g/mol. The predicted octanol–water partition coefficient (Wildman–Crippen LogP) is 3.29. The molecule has 0 bridgehead atoms. The van der Waals surface area contributed by atoms with E-state index in [2.05, 4.69) is 4.90 Å². The van der Waals surface area contributed by atoms with Crippen LogP contribution in [0.4, 0.5) is 0 Å². The molecule has 0 N–H and O–H groups in total. The molecule has 1 aliphatic rings. The fraction of sp³-hybridized carbons (Fsp3) is 0.600. The van der Waals surface area contributed by atoms with Gasteiger partial charge in [0, 0.05) is 11.3 Å². The summed E-state index contributed by atoms with van der Waals surface area (Å²) >= 11 is 0. The molecule has 2 rings (SSSR count). The lowest BCUT2D eigenvalue weighted by Crippen LogP contribution is -2.40. The summed E-state index contributed by atoms with van der Waals surface area (Å²) in [6.45, 7) is 1.97. The van der Waals surface area contributed by atoms with Crippen LogP contribution >= 0.6 is 10.8 Å². The lowest BCUT2D eigenvalue weighted by atomic mass is 9.94. The van der Waals surface area contributed by atoms with Crippen LogP contribution in [0.5, 0.6) is 0 Å². The molecule has 0 radical (unpaired) electrons. The Bertz CT molecular complexity index is 537. The lowest BCUT2D eigenvalue weighted by molar-refractivity contribution is 0.237. The first-order valence-electron chi connectivity index (χ1n) is 7.06.